The maximum atomic E-state index is 13.5. The standard InChI is InChI=1S/C29H33N5O3.ClH/c35-27-26-18-24(20-32-26)34(29(37)21-9-2-1-3-10-21)16-8-15-33(14-7-6-13-30-27)28(36)23-17-22-11-4-5-12-25(22)31-19-23;/h1-5,9-12,17,19,24,26,32H,6-8,13-16,18,20H2,(H,30,35);1H/t24-,26-;/m0./s1. The number of carbonyl (C=O) groups is 3. The van der Waals surface area contributed by atoms with Gasteiger partial charge in [-0.1, -0.05) is 36.4 Å². The Kier molecular flexibility index (Phi) is 9.31. The van der Waals surface area contributed by atoms with Gasteiger partial charge in [0.25, 0.3) is 11.8 Å². The SMILES string of the molecule is Cl.O=C1NCCCCN(C(=O)c2cnc3ccccc3c2)CCCN(C(=O)c2ccccc2)[C@@H]2CN[C@H]1C2. The van der Waals surface area contributed by atoms with Gasteiger partial charge in [-0.25, -0.2) is 0 Å². The number of para-hydroxylation sites is 1. The third-order valence-corrected chi connectivity index (χ3v) is 7.25. The molecule has 1 aromatic heterocycles. The molecular weight excluding hydrogens is 502 g/mol. The summed E-state index contributed by atoms with van der Waals surface area (Å²) in [5.74, 6) is -0.128. The zero-order chi connectivity index (χ0) is 25.6. The van der Waals surface area contributed by atoms with Crippen LogP contribution in [0.4, 0.5) is 0 Å². The molecule has 0 unspecified atom stereocenters. The molecule has 3 aromatic rings. The minimum atomic E-state index is -0.294. The molecule has 2 aliphatic rings. The smallest absolute Gasteiger partial charge is 0.255 e. The number of aromatic nitrogens is 1. The molecule has 2 saturated heterocycles. The molecule has 0 aliphatic carbocycles. The molecule has 0 radical (unpaired) electrons. The number of amides is 3. The van der Waals surface area contributed by atoms with Gasteiger partial charge in [-0.2, -0.15) is 0 Å². The van der Waals surface area contributed by atoms with Gasteiger partial charge in [0.05, 0.1) is 17.1 Å². The number of rotatable bonds is 2. The van der Waals surface area contributed by atoms with E-state index in [-0.39, 0.29) is 42.2 Å². The van der Waals surface area contributed by atoms with E-state index < -0.39 is 0 Å². The molecule has 5 rings (SSSR count). The summed E-state index contributed by atoms with van der Waals surface area (Å²) >= 11 is 0. The summed E-state index contributed by atoms with van der Waals surface area (Å²) in [6.45, 7) is 2.77. The Bertz CT molecular complexity index is 1270. The highest BCUT2D eigenvalue weighted by Gasteiger charge is 2.35. The van der Waals surface area contributed by atoms with Gasteiger partial charge in [-0.15, -0.1) is 12.4 Å². The van der Waals surface area contributed by atoms with Gasteiger partial charge < -0.3 is 20.4 Å². The maximum absolute atomic E-state index is 13.5. The van der Waals surface area contributed by atoms with Crippen molar-refractivity contribution in [1.82, 2.24) is 25.4 Å². The Morgan fingerprint density at radius 1 is 0.868 bits per heavy atom. The summed E-state index contributed by atoms with van der Waals surface area (Å²) in [5, 5.41) is 7.25. The molecule has 0 spiro atoms. The summed E-state index contributed by atoms with van der Waals surface area (Å²) < 4.78 is 0. The number of fused-ring (bicyclic) bond motifs is 3. The van der Waals surface area contributed by atoms with Crippen LogP contribution in [-0.2, 0) is 4.79 Å². The second-order valence-corrected chi connectivity index (χ2v) is 9.78. The molecule has 2 aliphatic heterocycles. The number of nitrogens with one attached hydrogen (secondary N) is 2. The van der Waals surface area contributed by atoms with Gasteiger partial charge in [0.2, 0.25) is 5.91 Å². The fraction of sp³-hybridized carbons (Fsp3) is 0.379. The van der Waals surface area contributed by atoms with Crippen molar-refractivity contribution in [2.45, 2.75) is 37.8 Å². The van der Waals surface area contributed by atoms with Crippen molar-refractivity contribution < 1.29 is 14.4 Å². The molecule has 9 heteroatoms. The Hall–Kier alpha value is -3.49. The lowest BCUT2D eigenvalue weighted by atomic mass is 10.1. The fourth-order valence-corrected chi connectivity index (χ4v) is 5.23. The average molecular weight is 536 g/mol. The van der Waals surface area contributed by atoms with Gasteiger partial charge in [-0.3, -0.25) is 19.4 Å². The number of hydrogen-bond acceptors (Lipinski definition) is 5. The second-order valence-electron chi connectivity index (χ2n) is 9.78. The van der Waals surface area contributed by atoms with Crippen LogP contribution in [0.3, 0.4) is 0 Å². The van der Waals surface area contributed by atoms with Crippen LogP contribution in [0.1, 0.15) is 46.4 Å². The molecule has 3 heterocycles. The lowest BCUT2D eigenvalue weighted by Gasteiger charge is -2.31. The van der Waals surface area contributed by atoms with Crippen molar-refractivity contribution in [3.05, 3.63) is 78.0 Å². The molecule has 38 heavy (non-hydrogen) atoms. The van der Waals surface area contributed by atoms with Crippen LogP contribution in [0, 0.1) is 0 Å². The van der Waals surface area contributed by atoms with Gasteiger partial charge in [-0.05, 0) is 49.9 Å². The maximum Gasteiger partial charge on any atom is 0.255 e. The Morgan fingerprint density at radius 2 is 1.63 bits per heavy atom. The van der Waals surface area contributed by atoms with E-state index in [4.69, 9.17) is 0 Å². The minimum absolute atomic E-state index is 0. The minimum Gasteiger partial charge on any atom is -0.355 e. The van der Waals surface area contributed by atoms with Crippen molar-refractivity contribution in [2.75, 3.05) is 32.7 Å². The lowest BCUT2D eigenvalue weighted by molar-refractivity contribution is -0.122. The van der Waals surface area contributed by atoms with Crippen molar-refractivity contribution in [2.24, 2.45) is 0 Å². The number of halogens is 1. The average Bonchev–Trinajstić information content (AvgIpc) is 3.43. The van der Waals surface area contributed by atoms with E-state index in [1.54, 1.807) is 6.20 Å². The summed E-state index contributed by atoms with van der Waals surface area (Å²) in [7, 11) is 0. The Balaban J connectivity index is 0.00000336. The predicted octanol–water partition coefficient (Wildman–Crippen LogP) is 3.27. The quantitative estimate of drug-likeness (QED) is 0.525. The molecule has 2 atom stereocenters. The molecule has 8 nitrogen and oxygen atoms in total. The summed E-state index contributed by atoms with van der Waals surface area (Å²) in [4.78, 5) is 47.9. The highest BCUT2D eigenvalue weighted by atomic mass is 35.5. The molecule has 3 amide bonds. The summed E-state index contributed by atoms with van der Waals surface area (Å²) in [6.07, 6.45) is 4.45. The van der Waals surface area contributed by atoms with Crippen LogP contribution in [0.15, 0.2) is 66.9 Å². The molecule has 2 N–H and O–H groups in total. The van der Waals surface area contributed by atoms with E-state index in [1.807, 2.05) is 70.5 Å². The van der Waals surface area contributed by atoms with Gasteiger partial charge >= 0.3 is 0 Å². The topological polar surface area (TPSA) is 94.6 Å². The third-order valence-electron chi connectivity index (χ3n) is 7.25. The van der Waals surface area contributed by atoms with Crippen LogP contribution in [0.25, 0.3) is 10.9 Å². The van der Waals surface area contributed by atoms with Crippen LogP contribution in [0.2, 0.25) is 0 Å². The summed E-state index contributed by atoms with van der Waals surface area (Å²) in [6, 6.07) is 18.5. The molecular formula is C29H34ClN5O3. The van der Waals surface area contributed by atoms with Crippen LogP contribution in [0.5, 0.6) is 0 Å². The van der Waals surface area contributed by atoms with Crippen LogP contribution >= 0.6 is 12.4 Å². The predicted molar refractivity (Wildman–Crippen MR) is 149 cm³/mol. The Labute approximate surface area is 229 Å². The van der Waals surface area contributed by atoms with Crippen molar-refractivity contribution in [3.63, 3.8) is 0 Å². The van der Waals surface area contributed by atoms with E-state index in [2.05, 4.69) is 15.6 Å². The van der Waals surface area contributed by atoms with Crippen LogP contribution in [-0.4, -0.2) is 77.3 Å². The van der Waals surface area contributed by atoms with Crippen LogP contribution < -0.4 is 10.6 Å². The Morgan fingerprint density at radius 3 is 2.47 bits per heavy atom. The first-order chi connectivity index (χ1) is 18.1. The van der Waals surface area contributed by atoms with Crippen molar-refractivity contribution in [3.8, 4) is 0 Å². The number of benzene rings is 2. The first kappa shape index (κ1) is 27.5. The number of nitrogens with zero attached hydrogens (tertiary/aromatic N) is 3. The first-order valence-electron chi connectivity index (χ1n) is 13.1. The number of hydrogen-bond donors (Lipinski definition) is 2. The molecule has 2 aromatic carbocycles. The summed E-state index contributed by atoms with van der Waals surface area (Å²) in [5.41, 5.74) is 2.05. The highest BCUT2D eigenvalue weighted by molar-refractivity contribution is 5.97. The second kappa shape index (κ2) is 12.8. The monoisotopic (exact) mass is 535 g/mol. The molecule has 2 bridgehead atoms. The molecule has 2 fully saturated rings. The first-order valence-corrected chi connectivity index (χ1v) is 13.1. The molecule has 200 valence electrons. The van der Waals surface area contributed by atoms with E-state index in [0.29, 0.717) is 56.7 Å². The van der Waals surface area contributed by atoms with E-state index in [9.17, 15) is 14.4 Å². The largest absolute Gasteiger partial charge is 0.355 e. The van der Waals surface area contributed by atoms with Gasteiger partial charge in [0.1, 0.15) is 0 Å². The zero-order valence-corrected chi connectivity index (χ0v) is 22.2. The van der Waals surface area contributed by atoms with Gasteiger partial charge in [0, 0.05) is 55.9 Å². The molecule has 0 saturated carbocycles. The zero-order valence-electron chi connectivity index (χ0n) is 21.3. The number of carbonyl (C=O) groups excluding carboxylic acids is 3. The van der Waals surface area contributed by atoms with Gasteiger partial charge in [0.15, 0.2) is 0 Å². The van der Waals surface area contributed by atoms with Crippen molar-refractivity contribution in [1.29, 1.82) is 0 Å². The normalized spacial score (nSPS) is 20.8. The number of pyridine rings is 1. The third kappa shape index (κ3) is 6.31. The van der Waals surface area contributed by atoms with E-state index in [0.717, 1.165) is 23.7 Å². The van der Waals surface area contributed by atoms with E-state index >= 15 is 0 Å². The lowest BCUT2D eigenvalue weighted by Crippen LogP contribution is -2.44. The highest BCUT2D eigenvalue weighted by Crippen LogP contribution is 2.19. The van der Waals surface area contributed by atoms with E-state index in [1.165, 1.54) is 0 Å². The fourth-order valence-electron chi connectivity index (χ4n) is 5.23. The van der Waals surface area contributed by atoms with Crippen molar-refractivity contribution >= 4 is 41.0 Å².